The van der Waals surface area contributed by atoms with Crippen LogP contribution in [0, 0.1) is 5.41 Å². The second-order valence-electron chi connectivity index (χ2n) is 5.48. The van der Waals surface area contributed by atoms with Crippen LogP contribution in [0.3, 0.4) is 0 Å². The van der Waals surface area contributed by atoms with Gasteiger partial charge in [-0.25, -0.2) is 4.79 Å². The van der Waals surface area contributed by atoms with Crippen molar-refractivity contribution in [3.05, 3.63) is 34.2 Å². The van der Waals surface area contributed by atoms with E-state index < -0.39 is 23.3 Å². The van der Waals surface area contributed by atoms with Gasteiger partial charge in [0, 0.05) is 24.9 Å². The number of carbonyl (C=O) groups is 2. The largest absolute Gasteiger partial charge is 0.480 e. The second-order valence-corrected chi connectivity index (χ2v) is 5.48. The van der Waals surface area contributed by atoms with E-state index in [9.17, 15) is 14.4 Å². The van der Waals surface area contributed by atoms with E-state index in [1.807, 2.05) is 0 Å². The Labute approximate surface area is 111 Å². The van der Waals surface area contributed by atoms with Crippen molar-refractivity contribution < 1.29 is 14.7 Å². The zero-order valence-corrected chi connectivity index (χ0v) is 11.4. The summed E-state index contributed by atoms with van der Waals surface area (Å²) in [4.78, 5) is 34.5. The van der Waals surface area contributed by atoms with Crippen LogP contribution in [-0.2, 0) is 11.8 Å². The van der Waals surface area contributed by atoms with Crippen molar-refractivity contribution in [2.24, 2.45) is 12.5 Å². The highest BCUT2D eigenvalue weighted by Gasteiger charge is 2.32. The minimum Gasteiger partial charge on any atom is -0.480 e. The van der Waals surface area contributed by atoms with Crippen molar-refractivity contribution in [1.82, 2.24) is 9.88 Å². The Bertz CT molecular complexity index is 554. The molecule has 1 aromatic rings. The average molecular weight is 266 g/mol. The van der Waals surface area contributed by atoms with Crippen LogP contribution in [-0.4, -0.2) is 27.6 Å². The summed E-state index contributed by atoms with van der Waals surface area (Å²) in [6, 6.07) is 1.62. The number of aryl methyl sites for hydroxylation is 1. The molecule has 19 heavy (non-hydrogen) atoms. The molecule has 0 aliphatic rings. The van der Waals surface area contributed by atoms with Gasteiger partial charge in [0.15, 0.2) is 0 Å². The molecule has 0 aromatic carbocycles. The maximum absolute atomic E-state index is 11.9. The lowest BCUT2D eigenvalue weighted by molar-refractivity contribution is -0.142. The van der Waals surface area contributed by atoms with Gasteiger partial charge in [0.2, 0.25) is 0 Å². The maximum Gasteiger partial charge on any atom is 0.326 e. The van der Waals surface area contributed by atoms with Crippen molar-refractivity contribution in [1.29, 1.82) is 0 Å². The van der Waals surface area contributed by atoms with Crippen LogP contribution < -0.4 is 10.9 Å². The fourth-order valence-corrected chi connectivity index (χ4v) is 1.55. The lowest BCUT2D eigenvalue weighted by Gasteiger charge is -2.27. The molecule has 1 rings (SSSR count). The summed E-state index contributed by atoms with van der Waals surface area (Å²) in [6.45, 7) is 5.16. The number of aromatic nitrogens is 1. The van der Waals surface area contributed by atoms with Crippen molar-refractivity contribution in [3.63, 3.8) is 0 Å². The first-order valence-corrected chi connectivity index (χ1v) is 5.83. The summed E-state index contributed by atoms with van der Waals surface area (Å²) in [5.74, 6) is -1.68. The van der Waals surface area contributed by atoms with E-state index >= 15 is 0 Å². The molecule has 6 nitrogen and oxygen atoms in total. The highest BCUT2D eigenvalue weighted by molar-refractivity contribution is 5.96. The fourth-order valence-electron chi connectivity index (χ4n) is 1.55. The summed E-state index contributed by atoms with van der Waals surface area (Å²) in [6.07, 6.45) is 1.46. The molecule has 0 radical (unpaired) electrons. The van der Waals surface area contributed by atoms with Gasteiger partial charge in [0.1, 0.15) is 6.04 Å². The Morgan fingerprint density at radius 2 is 1.95 bits per heavy atom. The molecule has 6 heteroatoms. The first-order valence-electron chi connectivity index (χ1n) is 5.83. The molecule has 0 bridgehead atoms. The summed E-state index contributed by atoms with van der Waals surface area (Å²) >= 11 is 0. The molecule has 1 aromatic heterocycles. The van der Waals surface area contributed by atoms with E-state index in [-0.39, 0.29) is 11.1 Å². The van der Waals surface area contributed by atoms with Gasteiger partial charge in [0.25, 0.3) is 11.5 Å². The molecule has 0 saturated carbocycles. The molecule has 0 spiro atoms. The van der Waals surface area contributed by atoms with Crippen LogP contribution in [0.25, 0.3) is 0 Å². The zero-order chi connectivity index (χ0) is 14.8. The highest BCUT2D eigenvalue weighted by atomic mass is 16.4. The van der Waals surface area contributed by atoms with E-state index in [0.717, 1.165) is 0 Å². The number of nitrogens with zero attached hydrogens (tertiary/aromatic N) is 1. The lowest BCUT2D eigenvalue weighted by Crippen LogP contribution is -2.49. The van der Waals surface area contributed by atoms with Gasteiger partial charge in [-0.2, -0.15) is 0 Å². The van der Waals surface area contributed by atoms with Crippen LogP contribution in [0.15, 0.2) is 23.1 Å². The Morgan fingerprint density at radius 1 is 1.37 bits per heavy atom. The Morgan fingerprint density at radius 3 is 2.37 bits per heavy atom. The molecule has 0 aliphatic heterocycles. The van der Waals surface area contributed by atoms with E-state index in [4.69, 9.17) is 5.11 Å². The first kappa shape index (κ1) is 14.9. The van der Waals surface area contributed by atoms with E-state index in [1.165, 1.54) is 22.9 Å². The van der Waals surface area contributed by atoms with Crippen LogP contribution in [0.4, 0.5) is 0 Å². The fraction of sp³-hybridized carbons (Fsp3) is 0.462. The van der Waals surface area contributed by atoms with Crippen LogP contribution >= 0.6 is 0 Å². The Kier molecular flexibility index (Phi) is 4.14. The summed E-state index contributed by atoms with van der Waals surface area (Å²) < 4.78 is 1.33. The standard InChI is InChI=1S/C13H18N2O4/c1-13(2,3)10(12(18)19)14-11(17)8-5-6-15(4)9(16)7-8/h5-7,10H,1-4H3,(H,14,17)(H,18,19)/t10-/m0/s1. The van der Waals surface area contributed by atoms with Crippen molar-refractivity contribution in [3.8, 4) is 0 Å². The SMILES string of the molecule is Cn1ccc(C(=O)N[C@@H](C(=O)O)C(C)(C)C)cc1=O. The molecular formula is C13H18N2O4. The number of pyridine rings is 1. The third-order valence-electron chi connectivity index (χ3n) is 2.75. The second kappa shape index (κ2) is 5.26. The number of amides is 1. The monoisotopic (exact) mass is 266 g/mol. The summed E-state index contributed by atoms with van der Waals surface area (Å²) in [7, 11) is 1.57. The van der Waals surface area contributed by atoms with Crippen LogP contribution in [0.2, 0.25) is 0 Å². The van der Waals surface area contributed by atoms with Gasteiger partial charge in [-0.05, 0) is 11.5 Å². The molecule has 0 saturated heterocycles. The minimum absolute atomic E-state index is 0.151. The maximum atomic E-state index is 11.9. The molecule has 2 N–H and O–H groups in total. The Hall–Kier alpha value is -2.11. The molecular weight excluding hydrogens is 248 g/mol. The van der Waals surface area contributed by atoms with Crippen molar-refractivity contribution >= 4 is 11.9 Å². The molecule has 0 fully saturated rings. The van der Waals surface area contributed by atoms with Crippen molar-refractivity contribution in [2.45, 2.75) is 26.8 Å². The van der Waals surface area contributed by atoms with E-state index in [0.29, 0.717) is 0 Å². The molecule has 1 amide bonds. The summed E-state index contributed by atoms with van der Waals surface area (Å²) in [5.41, 5.74) is -0.796. The van der Waals surface area contributed by atoms with Crippen LogP contribution in [0.1, 0.15) is 31.1 Å². The first-order chi connectivity index (χ1) is 8.62. The topological polar surface area (TPSA) is 88.4 Å². The number of hydrogen-bond donors (Lipinski definition) is 2. The minimum atomic E-state index is -1.11. The normalized spacial score (nSPS) is 12.8. The zero-order valence-electron chi connectivity index (χ0n) is 11.4. The number of hydrogen-bond acceptors (Lipinski definition) is 3. The smallest absolute Gasteiger partial charge is 0.326 e. The van der Waals surface area contributed by atoms with Gasteiger partial charge < -0.3 is 15.0 Å². The molecule has 104 valence electrons. The van der Waals surface area contributed by atoms with Crippen LogP contribution in [0.5, 0.6) is 0 Å². The number of nitrogens with one attached hydrogen (secondary N) is 1. The molecule has 1 heterocycles. The molecule has 0 aliphatic carbocycles. The number of rotatable bonds is 3. The van der Waals surface area contributed by atoms with Gasteiger partial charge in [-0.15, -0.1) is 0 Å². The molecule has 1 atom stereocenters. The van der Waals surface area contributed by atoms with Gasteiger partial charge in [0.05, 0.1) is 0 Å². The van der Waals surface area contributed by atoms with Gasteiger partial charge >= 0.3 is 5.97 Å². The average Bonchev–Trinajstić information content (AvgIpc) is 2.27. The Balaban J connectivity index is 2.98. The predicted octanol–water partition coefficient (Wildman–Crippen LogP) is 0.614. The lowest BCUT2D eigenvalue weighted by atomic mass is 9.86. The van der Waals surface area contributed by atoms with E-state index in [2.05, 4.69) is 5.32 Å². The van der Waals surface area contributed by atoms with Crippen molar-refractivity contribution in [2.75, 3.05) is 0 Å². The molecule has 0 unspecified atom stereocenters. The van der Waals surface area contributed by atoms with Gasteiger partial charge in [-0.1, -0.05) is 20.8 Å². The third kappa shape index (κ3) is 3.67. The number of aliphatic carboxylic acids is 1. The van der Waals surface area contributed by atoms with Gasteiger partial charge in [-0.3, -0.25) is 9.59 Å². The number of carbonyl (C=O) groups excluding carboxylic acids is 1. The summed E-state index contributed by atoms with van der Waals surface area (Å²) in [5, 5.41) is 11.6. The predicted molar refractivity (Wildman–Crippen MR) is 70.0 cm³/mol. The quantitative estimate of drug-likeness (QED) is 0.839. The number of carboxylic acids is 1. The third-order valence-corrected chi connectivity index (χ3v) is 2.75. The number of carboxylic acid groups (broad SMARTS) is 1. The van der Waals surface area contributed by atoms with E-state index in [1.54, 1.807) is 27.8 Å². The highest BCUT2D eigenvalue weighted by Crippen LogP contribution is 2.19.